The van der Waals surface area contributed by atoms with Gasteiger partial charge in [-0.3, -0.25) is 19.2 Å². The van der Waals surface area contributed by atoms with Crippen molar-refractivity contribution in [2.24, 2.45) is 11.8 Å². The fourth-order valence-corrected chi connectivity index (χ4v) is 2.13. The van der Waals surface area contributed by atoms with E-state index in [-0.39, 0.29) is 24.0 Å². The summed E-state index contributed by atoms with van der Waals surface area (Å²) in [4.78, 5) is 48.3. The summed E-state index contributed by atoms with van der Waals surface area (Å²) in [6.07, 6.45) is 1.70. The zero-order valence-corrected chi connectivity index (χ0v) is 14.4. The van der Waals surface area contributed by atoms with Gasteiger partial charge in [0.05, 0.1) is 0 Å². The Hall–Kier alpha value is -2.04. The highest BCUT2D eigenvalue weighted by atomic mass is 16.6. The van der Waals surface area contributed by atoms with Crippen molar-refractivity contribution in [2.45, 2.75) is 53.4 Å². The first-order valence-corrected chi connectivity index (χ1v) is 7.82. The van der Waals surface area contributed by atoms with E-state index in [1.54, 1.807) is 0 Å². The van der Waals surface area contributed by atoms with Crippen molar-refractivity contribution in [1.29, 1.82) is 0 Å². The lowest BCUT2D eigenvalue weighted by Gasteiger charge is -2.17. The Morgan fingerprint density at radius 3 is 1.30 bits per heavy atom. The molecule has 0 saturated heterocycles. The molecule has 0 aromatic heterocycles. The maximum Gasteiger partial charge on any atom is 0.324 e. The first kappa shape index (κ1) is 21.0. The van der Waals surface area contributed by atoms with Crippen LogP contribution in [-0.2, 0) is 23.9 Å². The summed E-state index contributed by atoms with van der Waals surface area (Å²) in [7, 11) is 0. The highest BCUT2D eigenvalue weighted by molar-refractivity contribution is 6.12. The number of ketones is 2. The van der Waals surface area contributed by atoms with E-state index < -0.39 is 35.3 Å². The molecule has 0 spiro atoms. The number of carbonyl (C=O) groups excluding carboxylic acids is 4. The van der Waals surface area contributed by atoms with Crippen molar-refractivity contribution >= 4 is 23.5 Å². The molecule has 0 rings (SSSR count). The van der Waals surface area contributed by atoms with Crippen molar-refractivity contribution in [3.63, 3.8) is 0 Å². The summed E-state index contributed by atoms with van der Waals surface area (Å²) in [6.45, 7) is 13.7. The maximum atomic E-state index is 12.2. The molecule has 5 heteroatoms. The zero-order valence-electron chi connectivity index (χ0n) is 14.4. The molecule has 0 aromatic carbocycles. The van der Waals surface area contributed by atoms with E-state index in [1.165, 1.54) is 13.8 Å². The standard InChI is InChI=1S/C18H26O5/c1-7-9-13(15(19)11(3)4)17(21)23-18(22)14(10-8-2)16(20)12(5)6/h13-14H,3,5,7-10H2,1-2,4,6H3. The van der Waals surface area contributed by atoms with Gasteiger partial charge in [-0.05, 0) is 37.8 Å². The fraction of sp³-hybridized carbons (Fsp3) is 0.556. The van der Waals surface area contributed by atoms with E-state index in [0.29, 0.717) is 12.8 Å². The van der Waals surface area contributed by atoms with Gasteiger partial charge in [0.2, 0.25) is 0 Å². The molecule has 2 atom stereocenters. The molecule has 0 bridgehead atoms. The quantitative estimate of drug-likeness (QED) is 0.351. The van der Waals surface area contributed by atoms with E-state index in [9.17, 15) is 19.2 Å². The molecule has 0 aliphatic heterocycles. The third-order valence-electron chi connectivity index (χ3n) is 3.40. The SMILES string of the molecule is C=C(C)C(=O)C(CCC)C(=O)OC(=O)C(CCC)C(=O)C(=C)C. The fourth-order valence-electron chi connectivity index (χ4n) is 2.13. The second kappa shape index (κ2) is 9.87. The van der Waals surface area contributed by atoms with Crippen LogP contribution in [0.25, 0.3) is 0 Å². The van der Waals surface area contributed by atoms with Gasteiger partial charge in [0.15, 0.2) is 11.6 Å². The van der Waals surface area contributed by atoms with Crippen LogP contribution in [0.2, 0.25) is 0 Å². The minimum Gasteiger partial charge on any atom is -0.392 e. The number of ether oxygens (including phenoxy) is 1. The average molecular weight is 322 g/mol. The molecular weight excluding hydrogens is 296 g/mol. The number of hydrogen-bond acceptors (Lipinski definition) is 5. The van der Waals surface area contributed by atoms with Crippen LogP contribution in [-0.4, -0.2) is 23.5 Å². The molecular formula is C18H26O5. The van der Waals surface area contributed by atoms with Crippen LogP contribution >= 0.6 is 0 Å². The van der Waals surface area contributed by atoms with E-state index in [0.717, 1.165) is 0 Å². The molecule has 0 aromatic rings. The minimum atomic E-state index is -1.05. The molecule has 23 heavy (non-hydrogen) atoms. The van der Waals surface area contributed by atoms with Crippen molar-refractivity contribution in [1.82, 2.24) is 0 Å². The van der Waals surface area contributed by atoms with Gasteiger partial charge in [-0.1, -0.05) is 39.8 Å². The molecule has 0 aliphatic rings. The second-order valence-electron chi connectivity index (χ2n) is 5.71. The molecule has 0 fully saturated rings. The largest absolute Gasteiger partial charge is 0.392 e. The summed E-state index contributed by atoms with van der Waals surface area (Å²) in [6, 6.07) is 0. The van der Waals surface area contributed by atoms with E-state index in [2.05, 4.69) is 13.2 Å². The third-order valence-corrected chi connectivity index (χ3v) is 3.40. The summed E-state index contributed by atoms with van der Waals surface area (Å²) in [5, 5.41) is 0. The highest BCUT2D eigenvalue weighted by Gasteiger charge is 2.34. The number of allylic oxidation sites excluding steroid dienone is 2. The van der Waals surface area contributed by atoms with E-state index in [1.807, 2.05) is 13.8 Å². The predicted octanol–water partition coefficient (Wildman–Crippen LogP) is 3.18. The lowest BCUT2D eigenvalue weighted by atomic mass is 9.93. The molecule has 128 valence electrons. The van der Waals surface area contributed by atoms with Crippen LogP contribution in [0, 0.1) is 11.8 Å². The third kappa shape index (κ3) is 6.30. The topological polar surface area (TPSA) is 77.5 Å². The number of carbonyl (C=O) groups is 4. The van der Waals surface area contributed by atoms with Crippen LogP contribution in [0.3, 0.4) is 0 Å². The van der Waals surface area contributed by atoms with Gasteiger partial charge in [0.25, 0.3) is 0 Å². The molecule has 0 amide bonds. The normalized spacial score (nSPS) is 12.9. The molecule has 5 nitrogen and oxygen atoms in total. The summed E-state index contributed by atoms with van der Waals surface area (Å²) >= 11 is 0. The second-order valence-corrected chi connectivity index (χ2v) is 5.71. The lowest BCUT2D eigenvalue weighted by molar-refractivity contribution is -0.166. The van der Waals surface area contributed by atoms with Gasteiger partial charge in [0.1, 0.15) is 11.8 Å². The van der Waals surface area contributed by atoms with Crippen molar-refractivity contribution in [2.75, 3.05) is 0 Å². The summed E-state index contributed by atoms with van der Waals surface area (Å²) in [5.41, 5.74) is 0.465. The summed E-state index contributed by atoms with van der Waals surface area (Å²) in [5.74, 6) is -4.82. The lowest BCUT2D eigenvalue weighted by Crippen LogP contribution is -2.33. The molecule has 0 heterocycles. The van der Waals surface area contributed by atoms with Crippen LogP contribution in [0.5, 0.6) is 0 Å². The van der Waals surface area contributed by atoms with Crippen LogP contribution < -0.4 is 0 Å². The monoisotopic (exact) mass is 322 g/mol. The number of esters is 2. The van der Waals surface area contributed by atoms with Gasteiger partial charge in [-0.25, -0.2) is 0 Å². The smallest absolute Gasteiger partial charge is 0.324 e. The van der Waals surface area contributed by atoms with Crippen LogP contribution in [0.15, 0.2) is 24.3 Å². The molecule has 0 saturated carbocycles. The van der Waals surface area contributed by atoms with Crippen LogP contribution in [0.1, 0.15) is 53.4 Å². The van der Waals surface area contributed by atoms with Crippen molar-refractivity contribution in [3.05, 3.63) is 24.3 Å². The Morgan fingerprint density at radius 2 is 1.09 bits per heavy atom. The number of rotatable bonds is 10. The van der Waals surface area contributed by atoms with Gasteiger partial charge in [-0.2, -0.15) is 0 Å². The van der Waals surface area contributed by atoms with Gasteiger partial charge in [-0.15, -0.1) is 0 Å². The highest BCUT2D eigenvalue weighted by Crippen LogP contribution is 2.18. The summed E-state index contributed by atoms with van der Waals surface area (Å²) < 4.78 is 4.82. The maximum absolute atomic E-state index is 12.2. The predicted molar refractivity (Wildman–Crippen MR) is 87.5 cm³/mol. The Morgan fingerprint density at radius 1 is 0.783 bits per heavy atom. The minimum absolute atomic E-state index is 0.232. The van der Waals surface area contributed by atoms with Gasteiger partial charge < -0.3 is 4.74 Å². The molecule has 0 N–H and O–H groups in total. The molecule has 0 radical (unpaired) electrons. The Balaban J connectivity index is 5.17. The Labute approximate surface area is 137 Å². The number of Topliss-reactive ketones (excluding diaryl/α,β-unsaturated/α-hetero) is 2. The first-order chi connectivity index (χ1) is 10.7. The van der Waals surface area contributed by atoms with E-state index in [4.69, 9.17) is 4.74 Å². The molecule has 2 unspecified atom stereocenters. The van der Waals surface area contributed by atoms with Crippen molar-refractivity contribution < 1.29 is 23.9 Å². The Kier molecular flexibility index (Phi) is 9.00. The average Bonchev–Trinajstić information content (AvgIpc) is 2.48. The van der Waals surface area contributed by atoms with Gasteiger partial charge in [0, 0.05) is 0 Å². The van der Waals surface area contributed by atoms with Crippen LogP contribution in [0.4, 0.5) is 0 Å². The first-order valence-electron chi connectivity index (χ1n) is 7.82. The van der Waals surface area contributed by atoms with E-state index >= 15 is 0 Å². The van der Waals surface area contributed by atoms with Gasteiger partial charge >= 0.3 is 11.9 Å². The Bertz CT molecular complexity index is 470. The zero-order chi connectivity index (χ0) is 18.2. The molecule has 0 aliphatic carbocycles. The van der Waals surface area contributed by atoms with Crippen molar-refractivity contribution in [3.8, 4) is 0 Å². The number of hydrogen-bond donors (Lipinski definition) is 0.